The SMILES string of the molecule is NC(=O)C(CCCN=C(N)N)NC(=O)c1cccc(OCCc2ccccc2[N+](=O)[O-])c1. The number of nitro benzene ring substituents is 1. The fraction of sp³-hybridized carbons (Fsp3) is 0.286. The average Bonchev–Trinajstić information content (AvgIpc) is 2.75. The molecule has 7 N–H and O–H groups in total. The van der Waals surface area contributed by atoms with Crippen molar-refractivity contribution in [3.8, 4) is 5.75 Å². The van der Waals surface area contributed by atoms with Crippen LogP contribution in [0.2, 0.25) is 0 Å². The second kappa shape index (κ2) is 11.9. The summed E-state index contributed by atoms with van der Waals surface area (Å²) < 4.78 is 5.66. The summed E-state index contributed by atoms with van der Waals surface area (Å²) in [4.78, 5) is 38.7. The van der Waals surface area contributed by atoms with Crippen molar-refractivity contribution in [2.75, 3.05) is 13.2 Å². The van der Waals surface area contributed by atoms with Gasteiger partial charge in [-0.2, -0.15) is 0 Å². The molecule has 1 unspecified atom stereocenters. The molecule has 0 spiro atoms. The standard InChI is InChI=1S/C21H26N6O5/c22-19(28)17(8-4-11-25-21(23)24)26-20(29)15-6-3-7-16(13-15)32-12-10-14-5-1-2-9-18(14)27(30)31/h1-3,5-7,9,13,17H,4,8,10-12H2,(H2,22,28)(H,26,29)(H4,23,24,25). The number of guanidine groups is 1. The Labute approximate surface area is 184 Å². The molecule has 0 heterocycles. The van der Waals surface area contributed by atoms with Crippen molar-refractivity contribution in [2.45, 2.75) is 25.3 Å². The zero-order valence-corrected chi connectivity index (χ0v) is 17.4. The maximum Gasteiger partial charge on any atom is 0.272 e. The van der Waals surface area contributed by atoms with E-state index in [1.807, 2.05) is 0 Å². The van der Waals surface area contributed by atoms with Crippen LogP contribution in [-0.2, 0) is 11.2 Å². The average molecular weight is 442 g/mol. The molecule has 0 saturated heterocycles. The number of hydrogen-bond donors (Lipinski definition) is 4. The van der Waals surface area contributed by atoms with Gasteiger partial charge in [0.2, 0.25) is 5.91 Å². The van der Waals surface area contributed by atoms with Crippen molar-refractivity contribution in [1.82, 2.24) is 5.32 Å². The molecule has 11 nitrogen and oxygen atoms in total. The number of para-hydroxylation sites is 1. The van der Waals surface area contributed by atoms with Gasteiger partial charge in [0.05, 0.1) is 11.5 Å². The highest BCUT2D eigenvalue weighted by molar-refractivity contribution is 5.97. The maximum absolute atomic E-state index is 12.6. The van der Waals surface area contributed by atoms with E-state index < -0.39 is 22.8 Å². The highest BCUT2D eigenvalue weighted by Crippen LogP contribution is 2.19. The van der Waals surface area contributed by atoms with Crippen molar-refractivity contribution in [3.05, 3.63) is 69.8 Å². The summed E-state index contributed by atoms with van der Waals surface area (Å²) in [6.07, 6.45) is 1.07. The molecule has 0 aliphatic carbocycles. The predicted octanol–water partition coefficient (Wildman–Crippen LogP) is 0.854. The lowest BCUT2D eigenvalue weighted by molar-refractivity contribution is -0.385. The molecule has 2 amide bonds. The third kappa shape index (κ3) is 7.59. The summed E-state index contributed by atoms with van der Waals surface area (Å²) in [7, 11) is 0. The Morgan fingerprint density at radius 3 is 2.56 bits per heavy atom. The van der Waals surface area contributed by atoms with Crippen LogP contribution in [0.15, 0.2) is 53.5 Å². The normalized spacial score (nSPS) is 11.2. The molecule has 1 atom stereocenters. The van der Waals surface area contributed by atoms with Crippen molar-refractivity contribution in [3.63, 3.8) is 0 Å². The predicted molar refractivity (Wildman–Crippen MR) is 119 cm³/mol. The molecule has 0 saturated carbocycles. The molecular formula is C21H26N6O5. The monoisotopic (exact) mass is 442 g/mol. The molecule has 11 heteroatoms. The van der Waals surface area contributed by atoms with Gasteiger partial charge in [-0.05, 0) is 31.0 Å². The third-order valence-corrected chi connectivity index (χ3v) is 4.52. The Morgan fingerprint density at radius 2 is 1.88 bits per heavy atom. The number of hydrogen-bond acceptors (Lipinski definition) is 6. The number of nitro groups is 1. The van der Waals surface area contributed by atoms with Crippen LogP contribution in [0.25, 0.3) is 0 Å². The van der Waals surface area contributed by atoms with Crippen molar-refractivity contribution in [2.24, 2.45) is 22.2 Å². The van der Waals surface area contributed by atoms with E-state index in [9.17, 15) is 19.7 Å². The molecule has 0 aliphatic rings. The van der Waals surface area contributed by atoms with E-state index in [2.05, 4.69) is 10.3 Å². The molecule has 0 fully saturated rings. The number of primary amides is 1. The van der Waals surface area contributed by atoms with Crippen LogP contribution in [0.5, 0.6) is 5.75 Å². The number of nitrogens with zero attached hydrogens (tertiary/aromatic N) is 2. The van der Waals surface area contributed by atoms with E-state index in [0.717, 1.165) is 0 Å². The molecule has 0 bridgehead atoms. The molecule has 0 aromatic heterocycles. The van der Waals surface area contributed by atoms with Crippen LogP contribution in [0.1, 0.15) is 28.8 Å². The Balaban J connectivity index is 1.94. The molecule has 170 valence electrons. The number of nitrogens with two attached hydrogens (primary N) is 3. The first-order valence-electron chi connectivity index (χ1n) is 9.88. The van der Waals surface area contributed by atoms with Gasteiger partial charge in [0, 0.05) is 30.2 Å². The topological polar surface area (TPSA) is 189 Å². The second-order valence-corrected chi connectivity index (χ2v) is 6.89. The summed E-state index contributed by atoms with van der Waals surface area (Å²) in [6, 6.07) is 11.9. The first-order valence-corrected chi connectivity index (χ1v) is 9.88. The molecule has 2 aromatic rings. The number of nitrogens with one attached hydrogen (secondary N) is 1. The first kappa shape index (κ1) is 24.1. The van der Waals surface area contributed by atoms with E-state index >= 15 is 0 Å². The van der Waals surface area contributed by atoms with Gasteiger partial charge in [-0.25, -0.2) is 0 Å². The smallest absolute Gasteiger partial charge is 0.272 e. The zero-order valence-electron chi connectivity index (χ0n) is 17.4. The Kier molecular flexibility index (Phi) is 8.96. The van der Waals surface area contributed by atoms with E-state index in [1.54, 1.807) is 36.4 Å². The summed E-state index contributed by atoms with van der Waals surface area (Å²) >= 11 is 0. The van der Waals surface area contributed by atoms with Crippen LogP contribution in [-0.4, -0.2) is 41.9 Å². The number of rotatable bonds is 12. The minimum atomic E-state index is -0.875. The number of amides is 2. The largest absolute Gasteiger partial charge is 0.493 e. The van der Waals surface area contributed by atoms with Crippen LogP contribution in [0.3, 0.4) is 0 Å². The Hall–Kier alpha value is -4.15. The third-order valence-electron chi connectivity index (χ3n) is 4.52. The molecule has 2 aromatic carbocycles. The number of aliphatic imine (C=N–C) groups is 1. The van der Waals surface area contributed by atoms with Gasteiger partial charge in [-0.15, -0.1) is 0 Å². The number of carbonyl (C=O) groups is 2. The molecule has 0 aliphatic heterocycles. The van der Waals surface area contributed by atoms with Gasteiger partial charge >= 0.3 is 0 Å². The molecule has 0 radical (unpaired) electrons. The highest BCUT2D eigenvalue weighted by Gasteiger charge is 2.19. The lowest BCUT2D eigenvalue weighted by Gasteiger charge is -2.15. The number of ether oxygens (including phenoxy) is 1. The van der Waals surface area contributed by atoms with Gasteiger partial charge in [0.25, 0.3) is 11.6 Å². The van der Waals surface area contributed by atoms with Crippen LogP contribution in [0.4, 0.5) is 5.69 Å². The Morgan fingerprint density at radius 1 is 1.12 bits per heavy atom. The molecule has 2 rings (SSSR count). The van der Waals surface area contributed by atoms with Crippen molar-refractivity contribution >= 4 is 23.5 Å². The maximum atomic E-state index is 12.6. The molecular weight excluding hydrogens is 416 g/mol. The highest BCUT2D eigenvalue weighted by atomic mass is 16.6. The van der Waals surface area contributed by atoms with Crippen molar-refractivity contribution < 1.29 is 19.2 Å². The van der Waals surface area contributed by atoms with Crippen LogP contribution < -0.4 is 27.3 Å². The Bertz CT molecular complexity index is 990. The minimum Gasteiger partial charge on any atom is -0.493 e. The van der Waals surface area contributed by atoms with Gasteiger partial charge in [-0.1, -0.05) is 24.3 Å². The summed E-state index contributed by atoms with van der Waals surface area (Å²) in [5.41, 5.74) is 16.7. The minimum absolute atomic E-state index is 0.0292. The zero-order chi connectivity index (χ0) is 23.5. The van der Waals surface area contributed by atoms with E-state index in [0.29, 0.717) is 30.7 Å². The van der Waals surface area contributed by atoms with Gasteiger partial charge < -0.3 is 27.3 Å². The summed E-state index contributed by atoms with van der Waals surface area (Å²) in [6.45, 7) is 0.496. The van der Waals surface area contributed by atoms with Crippen LogP contribution in [0, 0.1) is 10.1 Å². The summed E-state index contributed by atoms with van der Waals surface area (Å²) in [5.74, 6) is -0.789. The fourth-order valence-electron chi connectivity index (χ4n) is 2.94. The van der Waals surface area contributed by atoms with E-state index in [4.69, 9.17) is 21.9 Å². The van der Waals surface area contributed by atoms with E-state index in [1.165, 1.54) is 12.1 Å². The van der Waals surface area contributed by atoms with Crippen LogP contribution >= 0.6 is 0 Å². The lowest BCUT2D eigenvalue weighted by Crippen LogP contribution is -2.44. The quantitative estimate of drug-likeness (QED) is 0.123. The first-order chi connectivity index (χ1) is 15.3. The van der Waals surface area contributed by atoms with Gasteiger partial charge in [0.1, 0.15) is 11.8 Å². The van der Waals surface area contributed by atoms with Gasteiger partial charge in [0.15, 0.2) is 5.96 Å². The second-order valence-electron chi connectivity index (χ2n) is 6.89. The fourth-order valence-corrected chi connectivity index (χ4v) is 2.94. The lowest BCUT2D eigenvalue weighted by atomic mass is 10.1. The van der Waals surface area contributed by atoms with E-state index in [-0.39, 0.29) is 30.2 Å². The van der Waals surface area contributed by atoms with Gasteiger partial charge in [-0.3, -0.25) is 24.7 Å². The van der Waals surface area contributed by atoms with Crippen molar-refractivity contribution in [1.29, 1.82) is 0 Å². The summed E-state index contributed by atoms with van der Waals surface area (Å²) in [5, 5.41) is 13.7. The number of benzene rings is 2. The number of carbonyl (C=O) groups excluding carboxylic acids is 2. The molecule has 32 heavy (non-hydrogen) atoms.